The van der Waals surface area contributed by atoms with Gasteiger partial charge < -0.3 is 27.5 Å². The minimum Gasteiger partial charge on any atom is -1.00 e. The summed E-state index contributed by atoms with van der Waals surface area (Å²) < 4.78 is 3.78. The van der Waals surface area contributed by atoms with Crippen LogP contribution in [0.4, 0.5) is 5.13 Å². The van der Waals surface area contributed by atoms with Crippen LogP contribution in [0.15, 0.2) is 53.2 Å². The molecular formula is C22H20ClN7NaO7S2+. The molecule has 2 aliphatic heterocycles. The predicted octanol–water partition coefficient (Wildman–Crippen LogP) is -2.72. The predicted molar refractivity (Wildman–Crippen MR) is 140 cm³/mol. The molecule has 0 bridgehead atoms. The number of halogens is 1. The summed E-state index contributed by atoms with van der Waals surface area (Å²) in [5.74, 6) is -3.84. The molecule has 3 aromatic rings. The molecule has 40 heavy (non-hydrogen) atoms. The normalized spacial score (nSPS) is 18.6. The van der Waals surface area contributed by atoms with E-state index in [9.17, 15) is 24.3 Å². The average Bonchev–Trinajstić information content (AvgIpc) is 3.46. The van der Waals surface area contributed by atoms with Crippen molar-refractivity contribution in [3.8, 4) is 0 Å². The monoisotopic (exact) mass is 616 g/mol. The number of fused-ring (bicyclic) bond motifs is 2. The van der Waals surface area contributed by atoms with Crippen molar-refractivity contribution in [1.82, 2.24) is 19.6 Å². The van der Waals surface area contributed by atoms with Gasteiger partial charge >= 0.3 is 41.5 Å². The van der Waals surface area contributed by atoms with Crippen LogP contribution >= 0.6 is 34.7 Å². The van der Waals surface area contributed by atoms with Crippen molar-refractivity contribution >= 4 is 74.9 Å². The van der Waals surface area contributed by atoms with Crippen LogP contribution in [-0.2, 0) is 30.6 Å². The number of carbonyl (C=O) groups excluding carboxylic acids is 2. The molecule has 1 fully saturated rings. The first-order valence-corrected chi connectivity index (χ1v) is 13.4. The Labute approximate surface area is 262 Å². The number of thioether (sulfide) groups is 1. The molecule has 1 saturated heterocycles. The van der Waals surface area contributed by atoms with Crippen molar-refractivity contribution in [2.45, 2.75) is 18.0 Å². The number of carbonyl (C=O) groups is 4. The molecule has 14 nitrogen and oxygen atoms in total. The van der Waals surface area contributed by atoms with Crippen LogP contribution in [0.5, 0.6) is 0 Å². The number of rotatable bonds is 9. The maximum Gasteiger partial charge on any atom is 1.00 e. The topological polar surface area (TPSA) is 193 Å². The summed E-state index contributed by atoms with van der Waals surface area (Å²) in [4.78, 5) is 59.1. The molecule has 2 atom stereocenters. The van der Waals surface area contributed by atoms with Gasteiger partial charge in [0.25, 0.3) is 17.5 Å². The number of oxime groups is 1. The maximum atomic E-state index is 13.1. The molecule has 0 aliphatic carbocycles. The molecule has 2 aliphatic rings. The third kappa shape index (κ3) is 5.68. The molecule has 0 saturated carbocycles. The Morgan fingerprint density at radius 1 is 1.32 bits per heavy atom. The van der Waals surface area contributed by atoms with Gasteiger partial charge in [0, 0.05) is 17.4 Å². The maximum absolute atomic E-state index is 13.1. The van der Waals surface area contributed by atoms with Crippen LogP contribution in [0, 0.1) is 0 Å². The molecule has 0 spiro atoms. The number of hydrogen-bond donors (Lipinski definition) is 4. The Morgan fingerprint density at radius 3 is 2.77 bits per heavy atom. The molecule has 5 N–H and O–H groups in total. The number of hydrogen-bond acceptors (Lipinski definition) is 10. The molecule has 18 heteroatoms. The van der Waals surface area contributed by atoms with E-state index in [1.165, 1.54) is 11.8 Å². The number of aromatic nitrogens is 3. The molecule has 0 unspecified atom stereocenters. The van der Waals surface area contributed by atoms with Gasteiger partial charge in [-0.05, 0) is 6.07 Å². The van der Waals surface area contributed by atoms with Gasteiger partial charge in [-0.25, -0.2) is 23.5 Å². The van der Waals surface area contributed by atoms with Crippen LogP contribution < -0.4 is 45.2 Å². The number of β-lactam (4-membered cyclic amide) rings is 1. The summed E-state index contributed by atoms with van der Waals surface area (Å²) in [5.41, 5.74) is 6.28. The van der Waals surface area contributed by atoms with E-state index in [2.05, 4.69) is 15.5 Å². The fraction of sp³-hybridized carbons (Fsp3) is 0.227. The second kappa shape index (κ2) is 12.2. The van der Waals surface area contributed by atoms with Crippen LogP contribution in [-0.4, -0.2) is 77.7 Å². The minimum atomic E-state index is -1.33. The Morgan fingerprint density at radius 2 is 2.10 bits per heavy atom. The third-order valence-corrected chi connectivity index (χ3v) is 8.28. The fourth-order valence-electron chi connectivity index (χ4n) is 4.21. The van der Waals surface area contributed by atoms with Crippen LogP contribution in [0.2, 0.25) is 4.34 Å². The van der Waals surface area contributed by atoms with Crippen molar-refractivity contribution < 1.29 is 69.8 Å². The summed E-state index contributed by atoms with van der Waals surface area (Å²) >= 11 is 8.27. The molecule has 204 valence electrons. The number of thiazole rings is 1. The number of nitrogens with two attached hydrogens (primary N) is 1. The van der Waals surface area contributed by atoms with Gasteiger partial charge in [0.2, 0.25) is 6.61 Å². The number of nitrogens with one attached hydrogen (secondary N) is 1. The number of aliphatic carboxylic acids is 2. The Balaban J connectivity index is 0.00000231. The first kappa shape index (κ1) is 29.8. The zero-order chi connectivity index (χ0) is 27.8. The first-order valence-electron chi connectivity index (χ1n) is 11.2. The quantitative estimate of drug-likeness (QED) is 0.0645. The van der Waals surface area contributed by atoms with E-state index in [4.69, 9.17) is 27.3 Å². The molecule has 5 heterocycles. The van der Waals surface area contributed by atoms with Crippen molar-refractivity contribution in [3.05, 3.63) is 58.1 Å². The van der Waals surface area contributed by atoms with Gasteiger partial charge in [-0.15, -0.1) is 11.8 Å². The van der Waals surface area contributed by atoms with Gasteiger partial charge in [-0.3, -0.25) is 14.5 Å². The van der Waals surface area contributed by atoms with E-state index in [1.807, 2.05) is 45.8 Å². The molecular weight excluding hydrogens is 597 g/mol. The van der Waals surface area contributed by atoms with E-state index in [1.54, 1.807) is 0 Å². The number of carboxylic acids is 2. The van der Waals surface area contributed by atoms with E-state index in [-0.39, 0.29) is 58.4 Å². The number of imidazole rings is 1. The summed E-state index contributed by atoms with van der Waals surface area (Å²) in [6, 6.07) is 4.55. The molecule has 2 amide bonds. The van der Waals surface area contributed by atoms with Crippen LogP contribution in [0.1, 0.15) is 7.12 Å². The minimum absolute atomic E-state index is 0. The zero-order valence-corrected chi connectivity index (χ0v) is 25.1. The summed E-state index contributed by atoms with van der Waals surface area (Å²) in [5, 5.41) is 24.2. The summed E-state index contributed by atoms with van der Waals surface area (Å²) in [6.07, 6.45) is 5.54. The Kier molecular flexibility index (Phi) is 9.06. The van der Waals surface area contributed by atoms with E-state index >= 15 is 0 Å². The van der Waals surface area contributed by atoms with Gasteiger partial charge in [-0.2, -0.15) is 0 Å². The van der Waals surface area contributed by atoms with E-state index < -0.39 is 47.5 Å². The van der Waals surface area contributed by atoms with Gasteiger partial charge in [0.15, 0.2) is 10.8 Å². The second-order valence-electron chi connectivity index (χ2n) is 8.29. The number of anilines is 1. The van der Waals surface area contributed by atoms with Crippen molar-refractivity contribution in [2.24, 2.45) is 5.16 Å². The SMILES string of the molecule is Nc1nc(/C(=N/OCC(=O)O)C(=O)N[C@@H]2C(=O)N3C(C(=O)O)=C(C[n+]4ccn5ccccc54)CS[C@H]23)c(Cl)s1.[H-].[Na+]. The zero-order valence-electron chi connectivity index (χ0n) is 21.7. The van der Waals surface area contributed by atoms with E-state index in [0.717, 1.165) is 21.9 Å². The van der Waals surface area contributed by atoms with Gasteiger partial charge in [0.05, 0.1) is 6.20 Å². The van der Waals surface area contributed by atoms with Gasteiger partial charge in [-0.1, -0.05) is 34.2 Å². The first-order chi connectivity index (χ1) is 18.7. The number of pyridine rings is 1. The molecule has 0 aromatic carbocycles. The third-order valence-electron chi connectivity index (χ3n) is 5.85. The largest absolute Gasteiger partial charge is 1.00 e. The Bertz CT molecular complexity index is 1600. The second-order valence-corrected chi connectivity index (χ2v) is 11.0. The summed E-state index contributed by atoms with van der Waals surface area (Å²) in [7, 11) is 0. The number of amides is 2. The van der Waals surface area contributed by atoms with Crippen LogP contribution in [0.3, 0.4) is 0 Å². The van der Waals surface area contributed by atoms with E-state index in [0.29, 0.717) is 11.3 Å². The molecule has 0 radical (unpaired) electrons. The fourth-order valence-corrected chi connectivity index (χ4v) is 6.47. The number of carboxylic acid groups (broad SMARTS) is 2. The number of nitrogens with zero attached hydrogens (tertiary/aromatic N) is 5. The van der Waals surface area contributed by atoms with Gasteiger partial charge in [0.1, 0.15) is 46.1 Å². The molecule has 3 aromatic heterocycles. The van der Waals surface area contributed by atoms with Crippen molar-refractivity contribution in [3.63, 3.8) is 0 Å². The molecule has 5 rings (SSSR count). The Hall–Kier alpha value is -3.15. The van der Waals surface area contributed by atoms with Crippen molar-refractivity contribution in [1.29, 1.82) is 0 Å². The average molecular weight is 617 g/mol. The van der Waals surface area contributed by atoms with Crippen molar-refractivity contribution in [2.75, 3.05) is 18.1 Å². The smallest absolute Gasteiger partial charge is 1.00 e. The van der Waals surface area contributed by atoms with Crippen LogP contribution in [0.25, 0.3) is 5.65 Å². The summed E-state index contributed by atoms with van der Waals surface area (Å²) in [6.45, 7) is -0.586. The number of nitrogen functional groups attached to an aromatic ring is 1. The standard InChI is InChI=1S/C22H18ClN7O7S2.Na.H/c23-17-13(26-22(24)39-17)14(27-37-8-12(31)32)18(33)25-15-19(34)30-16(21(35)36)10(9-38-20(15)30)7-29-6-5-28-4-2-1-3-11(28)29;;/h1-6,15,20H,7-9H2,(H4-,24,25,26,31,32,33,35,36);;/q;+1;-1/p+1/b27-14-;;/t15-,20-;;/m1../s1.